The van der Waals surface area contributed by atoms with E-state index in [4.69, 9.17) is 25.7 Å². The molecule has 0 aromatic rings. The Morgan fingerprint density at radius 2 is 1.93 bits per heavy atom. The van der Waals surface area contributed by atoms with Crippen molar-refractivity contribution in [3.05, 3.63) is 0 Å². The molecular weight excluding hydrogens is 248 g/mol. The average molecular weight is 262 g/mol. The van der Waals surface area contributed by atoms with Crippen LogP contribution in [0, 0.1) is 0 Å². The molecule has 0 heterocycles. The topological polar surface area (TPSA) is 130 Å². The van der Waals surface area contributed by atoms with Crippen LogP contribution in [-0.4, -0.2) is 43.1 Å². The van der Waals surface area contributed by atoms with Gasteiger partial charge >= 0.3 is 5.97 Å². The molecule has 6 nitrogen and oxygen atoms in total. The molecule has 0 radical (unpaired) electrons. The summed E-state index contributed by atoms with van der Waals surface area (Å²) < 4.78 is 16.1. The minimum absolute atomic E-state index is 0.0370. The predicted molar refractivity (Wildman–Crippen MR) is 62.7 cm³/mol. The number of thiol groups is 1. The second-order valence-electron chi connectivity index (χ2n) is 2.07. The first-order valence-electron chi connectivity index (χ1n) is 3.41. The van der Waals surface area contributed by atoms with Gasteiger partial charge in [0, 0.05) is 23.5 Å². The van der Waals surface area contributed by atoms with Gasteiger partial charge in [0.2, 0.25) is 0 Å². The van der Waals surface area contributed by atoms with Crippen molar-refractivity contribution in [1.29, 1.82) is 0 Å². The SMILES string of the molecule is N[C@@H](CS)SO.N[C@@H](CSO)C(=O)O. The quantitative estimate of drug-likeness (QED) is 0.232. The molecule has 0 aromatic heterocycles. The Hall–Kier alpha value is 0.360. The molecule has 0 rings (SSSR count). The summed E-state index contributed by atoms with van der Waals surface area (Å²) in [6.07, 6.45) is 0. The third-order valence-electron chi connectivity index (χ3n) is 0.887. The number of rotatable bonds is 5. The van der Waals surface area contributed by atoms with Crippen LogP contribution < -0.4 is 11.5 Å². The van der Waals surface area contributed by atoms with Gasteiger partial charge in [-0.3, -0.25) is 4.79 Å². The summed E-state index contributed by atoms with van der Waals surface area (Å²) in [6.45, 7) is 0. The molecule has 0 aliphatic rings. The molecule has 0 bridgehead atoms. The second kappa shape index (κ2) is 11.4. The number of hydrogen-bond acceptors (Lipinski definition) is 8. The zero-order valence-corrected chi connectivity index (χ0v) is 9.76. The minimum Gasteiger partial charge on any atom is -0.480 e. The molecule has 0 unspecified atom stereocenters. The summed E-state index contributed by atoms with van der Waals surface area (Å²) in [6, 6.07) is -0.954. The van der Waals surface area contributed by atoms with Crippen LogP contribution in [0.5, 0.6) is 0 Å². The summed E-state index contributed by atoms with van der Waals surface area (Å²) >= 11 is 4.85. The molecule has 0 aromatic carbocycles. The smallest absolute Gasteiger partial charge is 0.321 e. The Bertz CT molecular complexity index is 147. The van der Waals surface area contributed by atoms with Crippen LogP contribution in [0.4, 0.5) is 0 Å². The van der Waals surface area contributed by atoms with Crippen LogP contribution in [0.3, 0.4) is 0 Å². The van der Waals surface area contributed by atoms with E-state index >= 15 is 0 Å². The highest BCUT2D eigenvalue weighted by atomic mass is 32.2. The molecule has 2 atom stereocenters. The molecule has 0 saturated heterocycles. The van der Waals surface area contributed by atoms with Crippen LogP contribution in [0.1, 0.15) is 0 Å². The van der Waals surface area contributed by atoms with E-state index in [0.717, 1.165) is 0 Å². The third-order valence-corrected chi connectivity index (χ3v) is 2.47. The molecular formula is C5H14N2O4S3. The van der Waals surface area contributed by atoms with Gasteiger partial charge in [-0.25, -0.2) is 0 Å². The lowest BCUT2D eigenvalue weighted by atomic mass is 10.4. The minimum atomic E-state index is -1.09. The fraction of sp³-hybridized carbons (Fsp3) is 0.800. The number of carboxylic acids is 1. The highest BCUT2D eigenvalue weighted by molar-refractivity contribution is 7.95. The Labute approximate surface area is 96.2 Å². The first kappa shape index (κ1) is 16.8. The van der Waals surface area contributed by atoms with Crippen molar-refractivity contribution in [3.63, 3.8) is 0 Å². The molecule has 0 spiro atoms. The fourth-order valence-electron chi connectivity index (χ4n) is 0.185. The van der Waals surface area contributed by atoms with Gasteiger partial charge in [-0.05, 0) is 12.0 Å². The van der Waals surface area contributed by atoms with Gasteiger partial charge in [-0.1, -0.05) is 0 Å². The van der Waals surface area contributed by atoms with Crippen molar-refractivity contribution < 1.29 is 19.0 Å². The zero-order valence-electron chi connectivity index (χ0n) is 7.24. The number of carbonyl (C=O) groups is 1. The molecule has 0 aliphatic carbocycles. The molecule has 14 heavy (non-hydrogen) atoms. The van der Waals surface area contributed by atoms with E-state index < -0.39 is 12.0 Å². The van der Waals surface area contributed by atoms with Crippen LogP contribution in [0.2, 0.25) is 0 Å². The normalized spacial score (nSPS) is 13.8. The Morgan fingerprint density at radius 1 is 1.43 bits per heavy atom. The monoisotopic (exact) mass is 262 g/mol. The molecule has 86 valence electrons. The van der Waals surface area contributed by atoms with Crippen molar-refractivity contribution in [2.24, 2.45) is 11.5 Å². The van der Waals surface area contributed by atoms with Crippen LogP contribution >= 0.6 is 36.7 Å². The number of aliphatic carboxylic acids is 1. The van der Waals surface area contributed by atoms with E-state index in [2.05, 4.69) is 12.6 Å². The standard InChI is InChI=1S/C3H7NO3S.C2H7NOS2/c4-2(1-8-7)3(5)6;3-2(1-5)6-4/h2,7H,1,4H2,(H,5,6);2,4-5H,1,3H2/t2*2-/m01/s1. The van der Waals surface area contributed by atoms with Crippen molar-refractivity contribution >= 4 is 42.7 Å². The van der Waals surface area contributed by atoms with Gasteiger partial charge in [0.1, 0.15) is 6.04 Å². The third kappa shape index (κ3) is 12.4. The molecule has 0 amide bonds. The van der Waals surface area contributed by atoms with E-state index in [0.29, 0.717) is 29.8 Å². The van der Waals surface area contributed by atoms with E-state index in [-0.39, 0.29) is 11.1 Å². The van der Waals surface area contributed by atoms with Crippen molar-refractivity contribution in [3.8, 4) is 0 Å². The molecule has 0 fully saturated rings. The summed E-state index contributed by atoms with van der Waals surface area (Å²) in [5.74, 6) is -0.539. The van der Waals surface area contributed by atoms with E-state index in [1.807, 2.05) is 0 Å². The van der Waals surface area contributed by atoms with Crippen molar-refractivity contribution in [2.45, 2.75) is 11.4 Å². The molecule has 7 N–H and O–H groups in total. The van der Waals surface area contributed by atoms with Crippen molar-refractivity contribution in [1.82, 2.24) is 0 Å². The number of hydrogen-bond donors (Lipinski definition) is 6. The summed E-state index contributed by atoms with van der Waals surface area (Å²) in [4.78, 5) is 9.84. The zero-order chi connectivity index (χ0) is 11.6. The summed E-state index contributed by atoms with van der Waals surface area (Å²) in [7, 11) is 0. The lowest BCUT2D eigenvalue weighted by Gasteiger charge is -1.99. The van der Waals surface area contributed by atoms with Gasteiger partial charge < -0.3 is 25.7 Å². The van der Waals surface area contributed by atoms with E-state index in [9.17, 15) is 4.79 Å². The average Bonchev–Trinajstić information content (AvgIpc) is 2.18. The lowest BCUT2D eigenvalue weighted by molar-refractivity contribution is -0.137. The van der Waals surface area contributed by atoms with Crippen LogP contribution in [0.25, 0.3) is 0 Å². The predicted octanol–water partition coefficient (Wildman–Crippen LogP) is 0.0117. The van der Waals surface area contributed by atoms with Crippen LogP contribution in [-0.2, 0) is 4.79 Å². The molecule has 0 aliphatic heterocycles. The van der Waals surface area contributed by atoms with Gasteiger partial charge in [0.25, 0.3) is 0 Å². The Morgan fingerprint density at radius 3 is 2.00 bits per heavy atom. The summed E-state index contributed by atoms with van der Waals surface area (Å²) in [5.41, 5.74) is 10.1. The van der Waals surface area contributed by atoms with Crippen molar-refractivity contribution in [2.75, 3.05) is 11.5 Å². The maximum atomic E-state index is 9.84. The van der Waals surface area contributed by atoms with Gasteiger partial charge in [-0.2, -0.15) is 12.6 Å². The van der Waals surface area contributed by atoms with Crippen LogP contribution in [0.15, 0.2) is 0 Å². The lowest BCUT2D eigenvalue weighted by Crippen LogP contribution is -2.32. The van der Waals surface area contributed by atoms with Gasteiger partial charge in [0.05, 0.1) is 5.37 Å². The van der Waals surface area contributed by atoms with E-state index in [1.165, 1.54) is 0 Å². The molecule has 9 heteroatoms. The highest BCUT2D eigenvalue weighted by Gasteiger charge is 2.09. The second-order valence-corrected chi connectivity index (χ2v) is 3.84. The summed E-state index contributed by atoms with van der Waals surface area (Å²) in [5, 5.41) is 7.84. The molecule has 0 saturated carbocycles. The first-order valence-corrected chi connectivity index (χ1v) is 5.82. The number of carboxylic acid groups (broad SMARTS) is 1. The largest absolute Gasteiger partial charge is 0.480 e. The maximum absolute atomic E-state index is 9.84. The highest BCUT2D eigenvalue weighted by Crippen LogP contribution is 1.97. The Balaban J connectivity index is 0. The van der Waals surface area contributed by atoms with E-state index in [1.54, 1.807) is 0 Å². The van der Waals surface area contributed by atoms with Gasteiger partial charge in [0.15, 0.2) is 0 Å². The maximum Gasteiger partial charge on any atom is 0.321 e. The first-order chi connectivity index (χ1) is 6.49. The Kier molecular flexibility index (Phi) is 13.7. The van der Waals surface area contributed by atoms with Gasteiger partial charge in [-0.15, -0.1) is 0 Å². The number of nitrogens with two attached hydrogens (primary N) is 2. The fourth-order valence-corrected chi connectivity index (χ4v) is 0.755.